The topological polar surface area (TPSA) is 125 Å². The zero-order valence-electron chi connectivity index (χ0n) is 23.6. The summed E-state index contributed by atoms with van der Waals surface area (Å²) in [6.07, 6.45) is 3.28. The van der Waals surface area contributed by atoms with Crippen LogP contribution in [0.5, 0.6) is 0 Å². The molecule has 2 heterocycles. The van der Waals surface area contributed by atoms with Crippen molar-refractivity contribution in [1.29, 1.82) is 0 Å². The van der Waals surface area contributed by atoms with Crippen LogP contribution in [0.2, 0.25) is 0 Å². The Morgan fingerprint density at radius 3 is 2.51 bits per heavy atom. The van der Waals surface area contributed by atoms with Crippen LogP contribution in [0, 0.1) is 0 Å². The molecule has 0 radical (unpaired) electrons. The van der Waals surface area contributed by atoms with Crippen molar-refractivity contribution < 1.29 is 27.5 Å². The molecule has 3 amide bonds. The number of nitrogens with one attached hydrogen (secondary N) is 2. The predicted octanol–water partition coefficient (Wildman–Crippen LogP) is 2.53. The van der Waals surface area contributed by atoms with Gasteiger partial charge in [-0.1, -0.05) is 24.3 Å². The van der Waals surface area contributed by atoms with Crippen LogP contribution >= 0.6 is 0 Å². The Balaban J connectivity index is 1.44. The summed E-state index contributed by atoms with van der Waals surface area (Å²) in [4.78, 5) is 42.0. The Morgan fingerprint density at radius 1 is 1.08 bits per heavy atom. The minimum atomic E-state index is -3.47. The number of hydrogen-bond acceptors (Lipinski definition) is 7. The van der Waals surface area contributed by atoms with Crippen molar-refractivity contribution in [2.75, 3.05) is 19.3 Å². The second kappa shape index (κ2) is 11.4. The quantitative estimate of drug-likeness (QED) is 0.565. The van der Waals surface area contributed by atoms with E-state index in [0.717, 1.165) is 24.8 Å². The number of carbonyl (C=O) groups is 3. The first kappa shape index (κ1) is 29.3. The third-order valence-corrected chi connectivity index (χ3v) is 10.2. The minimum absolute atomic E-state index is 0.0697. The summed E-state index contributed by atoms with van der Waals surface area (Å²) >= 11 is 0. The van der Waals surface area contributed by atoms with Crippen molar-refractivity contribution in [3.05, 3.63) is 35.4 Å². The van der Waals surface area contributed by atoms with Crippen molar-refractivity contribution in [1.82, 2.24) is 20.4 Å². The molecule has 3 aliphatic rings. The second-order valence-corrected chi connectivity index (χ2v) is 14.3. The monoisotopic (exact) mass is 562 g/mol. The molecule has 2 N–H and O–H groups in total. The van der Waals surface area contributed by atoms with Gasteiger partial charge in [-0.05, 0) is 77.3 Å². The molecule has 2 fully saturated rings. The number of aryl methyl sites for hydroxylation is 1. The lowest BCUT2D eigenvalue weighted by Gasteiger charge is -2.33. The van der Waals surface area contributed by atoms with E-state index < -0.39 is 50.9 Å². The van der Waals surface area contributed by atoms with E-state index in [2.05, 4.69) is 16.7 Å². The van der Waals surface area contributed by atoms with Crippen molar-refractivity contribution in [3.63, 3.8) is 0 Å². The van der Waals surface area contributed by atoms with E-state index in [-0.39, 0.29) is 30.7 Å². The summed E-state index contributed by atoms with van der Waals surface area (Å²) in [5.74, 6) is -0.637. The van der Waals surface area contributed by atoms with Crippen LogP contribution < -0.4 is 10.6 Å². The van der Waals surface area contributed by atoms with Gasteiger partial charge in [0, 0.05) is 19.6 Å². The number of likely N-dealkylation sites (N-methyl/N-ethyl adjacent to an activating group) is 1. The second-order valence-electron chi connectivity index (χ2n) is 12.0. The fraction of sp³-hybridized carbons (Fsp3) is 0.679. The first-order valence-electron chi connectivity index (χ1n) is 13.9. The van der Waals surface area contributed by atoms with Crippen molar-refractivity contribution in [2.45, 2.75) is 101 Å². The molecule has 0 bridgehead atoms. The van der Waals surface area contributed by atoms with Gasteiger partial charge in [0.25, 0.3) is 0 Å². The molecule has 1 aromatic carbocycles. The number of fused-ring (bicyclic) bond motifs is 2. The van der Waals surface area contributed by atoms with Gasteiger partial charge in [-0.25, -0.2) is 13.2 Å². The highest BCUT2D eigenvalue weighted by Gasteiger charge is 2.47. The minimum Gasteiger partial charge on any atom is -0.444 e. The Kier molecular flexibility index (Phi) is 8.61. The van der Waals surface area contributed by atoms with Crippen LogP contribution in [-0.2, 0) is 30.6 Å². The largest absolute Gasteiger partial charge is 0.444 e. The zero-order chi connectivity index (χ0) is 28.5. The molecular weight excluding hydrogens is 520 g/mol. The number of carbonyl (C=O) groups excluding carboxylic acids is 3. The molecule has 5 atom stereocenters. The van der Waals surface area contributed by atoms with Gasteiger partial charge in [0.15, 0.2) is 9.84 Å². The summed E-state index contributed by atoms with van der Waals surface area (Å²) < 4.78 is 31.7. The van der Waals surface area contributed by atoms with Crippen LogP contribution in [0.1, 0.15) is 77.0 Å². The molecular formula is C28H42N4O6S. The number of sulfone groups is 1. The molecule has 0 aromatic heterocycles. The Hall–Kier alpha value is -2.66. The molecule has 39 heavy (non-hydrogen) atoms. The summed E-state index contributed by atoms with van der Waals surface area (Å²) in [5.41, 5.74) is 1.67. The fourth-order valence-corrected chi connectivity index (χ4v) is 7.84. The molecule has 1 aromatic rings. The number of nitrogens with zero attached hydrogens (tertiary/aromatic N) is 2. The van der Waals surface area contributed by atoms with Crippen molar-refractivity contribution in [2.24, 2.45) is 0 Å². The molecule has 2 saturated heterocycles. The van der Waals surface area contributed by atoms with E-state index in [9.17, 15) is 22.8 Å². The molecule has 0 saturated carbocycles. The van der Waals surface area contributed by atoms with Crippen LogP contribution in [0.15, 0.2) is 24.3 Å². The van der Waals surface area contributed by atoms with E-state index in [1.165, 1.54) is 17.5 Å². The maximum absolute atomic E-state index is 13.5. The SMILES string of the molecule is C[C@@H](C(=O)N[C@H]1CCS(=O)(=O)[C@H]2CC[C@H](C(=O)N[C@@H]3CCCc4ccccc43)N2C1)N(C)C(=O)OC(C)(C)C. The Labute approximate surface area is 231 Å². The summed E-state index contributed by atoms with van der Waals surface area (Å²) in [6, 6.07) is 6.15. The van der Waals surface area contributed by atoms with Gasteiger partial charge in [-0.15, -0.1) is 0 Å². The molecule has 216 valence electrons. The van der Waals surface area contributed by atoms with E-state index in [1.807, 2.05) is 18.2 Å². The number of rotatable bonds is 5. The van der Waals surface area contributed by atoms with Crippen LogP contribution in [0.4, 0.5) is 4.79 Å². The maximum atomic E-state index is 13.5. The highest BCUT2D eigenvalue weighted by Crippen LogP contribution is 2.34. The highest BCUT2D eigenvalue weighted by molar-refractivity contribution is 7.91. The lowest BCUT2D eigenvalue weighted by atomic mass is 9.87. The normalized spacial score (nSPS) is 27.3. The Morgan fingerprint density at radius 2 is 1.79 bits per heavy atom. The highest BCUT2D eigenvalue weighted by atomic mass is 32.2. The lowest BCUT2D eigenvalue weighted by molar-refractivity contribution is -0.127. The molecule has 2 aliphatic heterocycles. The van der Waals surface area contributed by atoms with Crippen molar-refractivity contribution >= 4 is 27.7 Å². The molecule has 11 heteroatoms. The lowest BCUT2D eigenvalue weighted by Crippen LogP contribution is -2.54. The van der Waals surface area contributed by atoms with Gasteiger partial charge in [-0.2, -0.15) is 0 Å². The number of amides is 3. The molecule has 10 nitrogen and oxygen atoms in total. The number of hydrogen-bond donors (Lipinski definition) is 2. The third kappa shape index (κ3) is 6.74. The summed E-state index contributed by atoms with van der Waals surface area (Å²) in [6.45, 7) is 7.10. The fourth-order valence-electron chi connectivity index (χ4n) is 5.81. The number of ether oxygens (including phenoxy) is 1. The summed E-state index contributed by atoms with van der Waals surface area (Å²) in [5, 5.41) is 5.39. The predicted molar refractivity (Wildman–Crippen MR) is 148 cm³/mol. The zero-order valence-corrected chi connectivity index (χ0v) is 24.4. The van der Waals surface area contributed by atoms with E-state index in [4.69, 9.17) is 4.74 Å². The van der Waals surface area contributed by atoms with Crippen LogP contribution in [-0.4, -0.2) is 84.6 Å². The van der Waals surface area contributed by atoms with Gasteiger partial charge in [0.1, 0.15) is 17.0 Å². The van der Waals surface area contributed by atoms with E-state index >= 15 is 0 Å². The van der Waals surface area contributed by atoms with Gasteiger partial charge >= 0.3 is 6.09 Å². The van der Waals surface area contributed by atoms with Crippen LogP contribution in [0.3, 0.4) is 0 Å². The van der Waals surface area contributed by atoms with Crippen molar-refractivity contribution in [3.8, 4) is 0 Å². The average Bonchev–Trinajstić information content (AvgIpc) is 3.25. The molecule has 4 rings (SSSR count). The third-order valence-electron chi connectivity index (χ3n) is 8.03. The van der Waals surface area contributed by atoms with E-state index in [0.29, 0.717) is 12.8 Å². The molecule has 1 aliphatic carbocycles. The standard InChI is InChI=1S/C28H42N4O6S/c1-18(31(5)27(35)38-28(2,3)4)25(33)29-20-15-16-39(36,37)24-14-13-23(32(24)17-20)26(34)30-22-12-8-10-19-9-6-7-11-21(19)22/h6-7,9,11,18,20,22-24H,8,10,12-17H2,1-5H3,(H,29,33)(H,30,34)/t18-,20-,22+,23+,24-/m0/s1. The Bertz CT molecular complexity index is 1200. The van der Waals surface area contributed by atoms with Gasteiger partial charge < -0.3 is 15.4 Å². The van der Waals surface area contributed by atoms with E-state index in [1.54, 1.807) is 32.6 Å². The van der Waals surface area contributed by atoms with Gasteiger partial charge in [0.2, 0.25) is 11.8 Å². The van der Waals surface area contributed by atoms with Crippen LogP contribution in [0.25, 0.3) is 0 Å². The molecule has 0 spiro atoms. The molecule has 0 unspecified atom stereocenters. The first-order valence-corrected chi connectivity index (χ1v) is 15.6. The smallest absolute Gasteiger partial charge is 0.410 e. The first-order chi connectivity index (χ1) is 18.3. The maximum Gasteiger partial charge on any atom is 0.410 e. The number of benzene rings is 1. The van der Waals surface area contributed by atoms with Gasteiger partial charge in [-0.3, -0.25) is 19.4 Å². The average molecular weight is 563 g/mol. The van der Waals surface area contributed by atoms with Gasteiger partial charge in [0.05, 0.1) is 17.8 Å². The summed E-state index contributed by atoms with van der Waals surface area (Å²) in [7, 11) is -1.98.